The minimum Gasteiger partial charge on any atom is -0.397 e. The van der Waals surface area contributed by atoms with E-state index in [4.69, 9.17) is 5.73 Å². The largest absolute Gasteiger partial charge is 0.397 e. The molecule has 6 nitrogen and oxygen atoms in total. The van der Waals surface area contributed by atoms with Gasteiger partial charge in [0.05, 0.1) is 11.4 Å². The summed E-state index contributed by atoms with van der Waals surface area (Å²) >= 11 is 1.37. The lowest BCUT2D eigenvalue weighted by Gasteiger charge is -2.36. The second kappa shape index (κ2) is 8.51. The summed E-state index contributed by atoms with van der Waals surface area (Å²) in [5, 5.41) is 0.837. The zero-order valence-electron chi connectivity index (χ0n) is 18.0. The summed E-state index contributed by atoms with van der Waals surface area (Å²) in [6, 6.07) is 11.5. The Labute approximate surface area is 186 Å². The van der Waals surface area contributed by atoms with E-state index in [0.717, 1.165) is 34.7 Å². The fraction of sp³-hybridized carbons (Fsp3) is 0.292. The molecule has 3 heterocycles. The number of carbonyl (C=O) groups excluding carboxylic acids is 2. The number of rotatable bonds is 4. The second-order valence-corrected chi connectivity index (χ2v) is 9.04. The fourth-order valence-electron chi connectivity index (χ4n) is 3.76. The van der Waals surface area contributed by atoms with Crippen molar-refractivity contribution in [1.29, 1.82) is 0 Å². The van der Waals surface area contributed by atoms with Gasteiger partial charge in [-0.15, -0.1) is 11.3 Å². The molecule has 7 heteroatoms. The fourth-order valence-corrected chi connectivity index (χ4v) is 4.83. The van der Waals surface area contributed by atoms with Gasteiger partial charge in [-0.25, -0.2) is 4.98 Å². The first kappa shape index (κ1) is 21.1. The van der Waals surface area contributed by atoms with Crippen LogP contribution in [0, 0.1) is 0 Å². The van der Waals surface area contributed by atoms with E-state index in [9.17, 15) is 9.59 Å². The van der Waals surface area contributed by atoms with Crippen LogP contribution in [0.2, 0.25) is 0 Å². The van der Waals surface area contributed by atoms with E-state index < -0.39 is 0 Å². The topological polar surface area (TPSA) is 79.5 Å². The van der Waals surface area contributed by atoms with Gasteiger partial charge in [0.2, 0.25) is 0 Å². The Bertz CT molecular complexity index is 1170. The Balaban J connectivity index is 1.48. The number of hydrogen-bond donors (Lipinski definition) is 1. The molecule has 31 heavy (non-hydrogen) atoms. The number of hydrogen-bond acceptors (Lipinski definition) is 6. The monoisotopic (exact) mass is 434 g/mol. The van der Waals surface area contributed by atoms with Crippen molar-refractivity contribution in [2.24, 2.45) is 0 Å². The Morgan fingerprint density at radius 1 is 1.00 bits per heavy atom. The number of piperazine rings is 1. The molecule has 0 radical (unpaired) electrons. The number of amides is 1. The minimum atomic E-state index is -0.0316. The molecule has 1 amide bonds. The molecule has 2 N–H and O–H groups in total. The normalized spacial score (nSPS) is 14.0. The molecular formula is C24H26N4O2S. The summed E-state index contributed by atoms with van der Waals surface area (Å²) in [5.41, 5.74) is 10.7. The number of benzene rings is 1. The number of fused-ring (bicyclic) bond motifs is 1. The highest BCUT2D eigenvalue weighted by Crippen LogP contribution is 2.34. The van der Waals surface area contributed by atoms with Crippen LogP contribution in [0.5, 0.6) is 0 Å². The third-order valence-corrected chi connectivity index (χ3v) is 6.56. The number of nitrogens with two attached hydrogens (primary N) is 1. The molecule has 160 valence electrons. The van der Waals surface area contributed by atoms with E-state index in [1.165, 1.54) is 16.9 Å². The molecule has 0 bridgehead atoms. The average Bonchev–Trinajstić information content (AvgIpc) is 3.08. The summed E-state index contributed by atoms with van der Waals surface area (Å²) in [4.78, 5) is 34.7. The molecule has 1 aromatic carbocycles. The number of carbonyl (C=O) groups is 2. The maximum Gasteiger partial charge on any atom is 0.266 e. The number of nitrogen functional groups attached to an aromatic ring is 1. The van der Waals surface area contributed by atoms with Crippen LogP contribution in [0.4, 0.5) is 11.4 Å². The molecule has 4 rings (SSSR count). The summed E-state index contributed by atoms with van der Waals surface area (Å²) in [6.45, 7) is 8.34. The first-order chi connectivity index (χ1) is 14.8. The number of ketones is 1. The van der Waals surface area contributed by atoms with Gasteiger partial charge in [-0.1, -0.05) is 5.57 Å². The van der Waals surface area contributed by atoms with Crippen LogP contribution in [-0.2, 0) is 0 Å². The zero-order chi connectivity index (χ0) is 22.1. The molecule has 0 aliphatic carbocycles. The predicted octanol–water partition coefficient (Wildman–Crippen LogP) is 4.47. The zero-order valence-corrected chi connectivity index (χ0v) is 18.8. The maximum absolute atomic E-state index is 13.2. The third kappa shape index (κ3) is 4.32. The predicted molar refractivity (Wildman–Crippen MR) is 128 cm³/mol. The van der Waals surface area contributed by atoms with E-state index in [0.29, 0.717) is 29.2 Å². The van der Waals surface area contributed by atoms with E-state index in [1.807, 2.05) is 61.2 Å². The van der Waals surface area contributed by atoms with Crippen molar-refractivity contribution in [2.75, 3.05) is 36.8 Å². The molecular weight excluding hydrogens is 408 g/mol. The van der Waals surface area contributed by atoms with Crippen LogP contribution in [0.25, 0.3) is 16.3 Å². The molecule has 0 unspecified atom stereocenters. The van der Waals surface area contributed by atoms with Gasteiger partial charge < -0.3 is 15.5 Å². The average molecular weight is 435 g/mol. The highest BCUT2D eigenvalue weighted by Gasteiger charge is 2.26. The number of allylic oxidation sites excluding steroid dienone is 1. The van der Waals surface area contributed by atoms with Crippen molar-refractivity contribution < 1.29 is 9.59 Å². The van der Waals surface area contributed by atoms with Crippen molar-refractivity contribution in [1.82, 2.24) is 9.88 Å². The lowest BCUT2D eigenvalue weighted by atomic mass is 10.1. The van der Waals surface area contributed by atoms with Gasteiger partial charge in [-0.05, 0) is 63.2 Å². The van der Waals surface area contributed by atoms with E-state index in [1.54, 1.807) is 6.92 Å². The minimum absolute atomic E-state index is 0.0316. The smallest absolute Gasteiger partial charge is 0.266 e. The summed E-state index contributed by atoms with van der Waals surface area (Å²) in [6.07, 6.45) is 2.01. The van der Waals surface area contributed by atoms with E-state index in [-0.39, 0.29) is 11.7 Å². The molecule has 1 aliphatic heterocycles. The first-order valence-corrected chi connectivity index (χ1v) is 11.1. The number of pyridine rings is 1. The van der Waals surface area contributed by atoms with Gasteiger partial charge >= 0.3 is 0 Å². The molecule has 0 saturated carbocycles. The number of aromatic nitrogens is 1. The molecule has 1 fully saturated rings. The van der Waals surface area contributed by atoms with Gasteiger partial charge in [0.25, 0.3) is 5.91 Å². The molecule has 1 saturated heterocycles. The SMILES string of the molecule is CC(=O)c1ccc(N2CCN(C(=O)c3sc4nc(C=C(C)C)ccc4c3N)CC2)cc1. The van der Waals surface area contributed by atoms with E-state index in [2.05, 4.69) is 9.88 Å². The summed E-state index contributed by atoms with van der Waals surface area (Å²) < 4.78 is 0. The lowest BCUT2D eigenvalue weighted by Crippen LogP contribution is -2.48. The van der Waals surface area contributed by atoms with Crippen molar-refractivity contribution in [3.63, 3.8) is 0 Å². The Morgan fingerprint density at radius 3 is 2.29 bits per heavy atom. The number of thiophene rings is 1. The van der Waals surface area contributed by atoms with Crippen LogP contribution >= 0.6 is 11.3 Å². The highest BCUT2D eigenvalue weighted by molar-refractivity contribution is 7.21. The van der Waals surface area contributed by atoms with E-state index >= 15 is 0 Å². The maximum atomic E-state index is 13.2. The van der Waals surface area contributed by atoms with Crippen LogP contribution in [0.3, 0.4) is 0 Å². The van der Waals surface area contributed by atoms with Crippen molar-refractivity contribution in [3.8, 4) is 0 Å². The van der Waals surface area contributed by atoms with Gasteiger partial charge in [0, 0.05) is 42.8 Å². The first-order valence-electron chi connectivity index (χ1n) is 10.3. The van der Waals surface area contributed by atoms with Gasteiger partial charge in [-0.3, -0.25) is 9.59 Å². The molecule has 1 aliphatic rings. The summed E-state index contributed by atoms with van der Waals surface area (Å²) in [7, 11) is 0. The summed E-state index contributed by atoms with van der Waals surface area (Å²) in [5.74, 6) is 0.0289. The Hall–Kier alpha value is -3.19. The van der Waals surface area contributed by atoms with Crippen LogP contribution in [-0.4, -0.2) is 47.8 Å². The molecule has 0 atom stereocenters. The quantitative estimate of drug-likeness (QED) is 0.613. The lowest BCUT2D eigenvalue weighted by molar-refractivity contribution is 0.0752. The second-order valence-electron chi connectivity index (χ2n) is 8.04. The van der Waals surface area contributed by atoms with Gasteiger partial charge in [0.1, 0.15) is 9.71 Å². The highest BCUT2D eigenvalue weighted by atomic mass is 32.1. The Kier molecular flexibility index (Phi) is 5.78. The van der Waals surface area contributed by atoms with Crippen LogP contribution < -0.4 is 10.6 Å². The van der Waals surface area contributed by atoms with Crippen molar-refractivity contribution in [2.45, 2.75) is 20.8 Å². The van der Waals surface area contributed by atoms with Gasteiger partial charge in [-0.2, -0.15) is 0 Å². The Morgan fingerprint density at radius 2 is 1.68 bits per heavy atom. The molecule has 0 spiro atoms. The van der Waals surface area contributed by atoms with Crippen LogP contribution in [0.15, 0.2) is 42.0 Å². The van der Waals surface area contributed by atoms with Crippen molar-refractivity contribution >= 4 is 50.7 Å². The third-order valence-electron chi connectivity index (χ3n) is 5.45. The van der Waals surface area contributed by atoms with Crippen molar-refractivity contribution in [3.05, 3.63) is 58.1 Å². The van der Waals surface area contributed by atoms with Gasteiger partial charge in [0.15, 0.2) is 5.78 Å². The van der Waals surface area contributed by atoms with Crippen LogP contribution in [0.1, 0.15) is 46.5 Å². The molecule has 2 aromatic heterocycles. The number of Topliss-reactive ketones (excluding diaryl/α,β-unsaturated/α-hetero) is 1. The standard InChI is InChI=1S/C24H26N4O2S/c1-15(2)14-18-6-9-20-21(25)22(31-23(20)26-18)24(30)28-12-10-27(11-13-28)19-7-4-17(5-8-19)16(3)29/h4-9,14H,10-13,25H2,1-3H3. The number of anilines is 2. The molecule has 3 aromatic rings. The number of nitrogens with zero attached hydrogens (tertiary/aromatic N) is 3.